The molecule has 1 heterocycles. The van der Waals surface area contributed by atoms with Crippen LogP contribution in [-0.4, -0.2) is 55.6 Å². The number of amides is 1. The van der Waals surface area contributed by atoms with Crippen molar-refractivity contribution in [3.8, 4) is 11.5 Å². The first kappa shape index (κ1) is 22.5. The molecule has 8 nitrogen and oxygen atoms in total. The molecule has 0 atom stereocenters. The Balaban J connectivity index is 1.87. The van der Waals surface area contributed by atoms with Gasteiger partial charge in [-0.1, -0.05) is 0 Å². The van der Waals surface area contributed by atoms with Crippen LogP contribution < -0.4 is 20.3 Å². The van der Waals surface area contributed by atoms with Crippen molar-refractivity contribution in [2.45, 2.75) is 25.6 Å². The lowest BCUT2D eigenvalue weighted by Crippen LogP contribution is -2.29. The number of hydrogen-bond donors (Lipinski definition) is 1. The standard InChI is InChI=1S/C18H22F3N3O5/c1-27-14-8-12-13(9-15(14)28-2)23-11-24(17(12)26)6-3-4-16(25)22-5-7-29-10-18(19,20)21/h8-9,11H,3-7,10H2,1-2H3,(H,22,25). The van der Waals surface area contributed by atoms with Crippen LogP contribution in [-0.2, 0) is 16.1 Å². The first-order valence-corrected chi connectivity index (χ1v) is 8.77. The summed E-state index contributed by atoms with van der Waals surface area (Å²) in [6.07, 6.45) is -2.54. The summed E-state index contributed by atoms with van der Waals surface area (Å²) in [6.45, 7) is -1.34. The van der Waals surface area contributed by atoms with E-state index in [4.69, 9.17) is 9.47 Å². The van der Waals surface area contributed by atoms with E-state index in [-0.39, 0.29) is 37.6 Å². The molecule has 0 aliphatic heterocycles. The van der Waals surface area contributed by atoms with Gasteiger partial charge in [0.25, 0.3) is 5.56 Å². The Hall–Kier alpha value is -2.82. The van der Waals surface area contributed by atoms with E-state index >= 15 is 0 Å². The molecular weight excluding hydrogens is 395 g/mol. The highest BCUT2D eigenvalue weighted by Crippen LogP contribution is 2.29. The van der Waals surface area contributed by atoms with Crippen LogP contribution >= 0.6 is 0 Å². The number of carbonyl (C=O) groups excluding carboxylic acids is 1. The fourth-order valence-corrected chi connectivity index (χ4v) is 2.59. The quantitative estimate of drug-likeness (QED) is 0.594. The third-order valence-electron chi connectivity index (χ3n) is 3.97. The molecule has 1 N–H and O–H groups in total. The van der Waals surface area contributed by atoms with E-state index in [1.165, 1.54) is 25.1 Å². The van der Waals surface area contributed by atoms with Crippen molar-refractivity contribution in [3.63, 3.8) is 0 Å². The molecule has 0 aliphatic rings. The second kappa shape index (κ2) is 10.1. The molecule has 2 aromatic rings. The van der Waals surface area contributed by atoms with Crippen LogP contribution in [0.3, 0.4) is 0 Å². The minimum atomic E-state index is -4.39. The fourth-order valence-electron chi connectivity index (χ4n) is 2.59. The SMILES string of the molecule is COc1cc2ncn(CCCC(=O)NCCOCC(F)(F)F)c(=O)c2cc1OC. The van der Waals surface area contributed by atoms with Crippen molar-refractivity contribution in [2.75, 3.05) is 34.0 Å². The Morgan fingerprint density at radius 2 is 1.90 bits per heavy atom. The number of ether oxygens (including phenoxy) is 3. The van der Waals surface area contributed by atoms with Crippen LogP contribution in [0, 0.1) is 0 Å². The number of nitrogens with zero attached hydrogens (tertiary/aromatic N) is 2. The van der Waals surface area contributed by atoms with Gasteiger partial charge in [-0.25, -0.2) is 4.98 Å². The second-order valence-electron chi connectivity index (χ2n) is 6.09. The van der Waals surface area contributed by atoms with Crippen LogP contribution in [0.1, 0.15) is 12.8 Å². The van der Waals surface area contributed by atoms with E-state index < -0.39 is 12.8 Å². The van der Waals surface area contributed by atoms with Gasteiger partial charge >= 0.3 is 6.18 Å². The molecular formula is C18H22F3N3O5. The number of aryl methyl sites for hydroxylation is 1. The van der Waals surface area contributed by atoms with Gasteiger partial charge in [0.1, 0.15) is 6.61 Å². The molecule has 1 aromatic heterocycles. The number of aromatic nitrogens is 2. The third kappa shape index (κ3) is 6.63. The Bertz CT molecular complexity index is 899. The number of rotatable bonds is 10. The van der Waals surface area contributed by atoms with E-state index in [0.717, 1.165) is 0 Å². The Kier molecular flexibility index (Phi) is 7.82. The zero-order chi connectivity index (χ0) is 21.4. The first-order valence-electron chi connectivity index (χ1n) is 8.77. The van der Waals surface area contributed by atoms with Crippen molar-refractivity contribution in [1.29, 1.82) is 0 Å². The summed E-state index contributed by atoms with van der Waals surface area (Å²) in [5.41, 5.74) is 0.178. The van der Waals surface area contributed by atoms with Crippen LogP contribution in [0.15, 0.2) is 23.3 Å². The van der Waals surface area contributed by atoms with Gasteiger partial charge < -0.3 is 19.5 Å². The van der Waals surface area contributed by atoms with Crippen molar-refractivity contribution in [1.82, 2.24) is 14.9 Å². The molecule has 0 aliphatic carbocycles. The topological polar surface area (TPSA) is 91.7 Å². The van der Waals surface area contributed by atoms with Crippen molar-refractivity contribution < 1.29 is 32.2 Å². The highest BCUT2D eigenvalue weighted by molar-refractivity contribution is 5.81. The largest absolute Gasteiger partial charge is 0.493 e. The molecule has 29 heavy (non-hydrogen) atoms. The van der Waals surface area contributed by atoms with E-state index in [1.807, 2.05) is 0 Å². The molecule has 11 heteroatoms. The zero-order valence-electron chi connectivity index (χ0n) is 16.0. The summed E-state index contributed by atoms with van der Waals surface area (Å²) < 4.78 is 51.9. The van der Waals surface area contributed by atoms with Crippen LogP contribution in [0.5, 0.6) is 11.5 Å². The average molecular weight is 417 g/mol. The van der Waals surface area contributed by atoms with Crippen molar-refractivity contribution in [2.24, 2.45) is 0 Å². The molecule has 0 saturated carbocycles. The number of halogens is 3. The lowest BCUT2D eigenvalue weighted by molar-refractivity contribution is -0.173. The summed E-state index contributed by atoms with van der Waals surface area (Å²) >= 11 is 0. The number of methoxy groups -OCH3 is 2. The van der Waals surface area contributed by atoms with Gasteiger partial charge in [-0.15, -0.1) is 0 Å². The summed E-state index contributed by atoms with van der Waals surface area (Å²) in [7, 11) is 2.95. The molecule has 1 amide bonds. The fraction of sp³-hybridized carbons (Fsp3) is 0.500. The minimum absolute atomic E-state index is 0.0198. The maximum absolute atomic E-state index is 12.6. The zero-order valence-corrected chi connectivity index (χ0v) is 16.0. The molecule has 0 fully saturated rings. The minimum Gasteiger partial charge on any atom is -0.493 e. The molecule has 0 bridgehead atoms. The maximum Gasteiger partial charge on any atom is 0.411 e. The van der Waals surface area contributed by atoms with Gasteiger partial charge in [0.15, 0.2) is 11.5 Å². The van der Waals surface area contributed by atoms with Crippen molar-refractivity contribution in [3.05, 3.63) is 28.8 Å². The molecule has 1 aromatic carbocycles. The molecule has 0 spiro atoms. The number of carbonyl (C=O) groups is 1. The van der Waals surface area contributed by atoms with Gasteiger partial charge in [0.2, 0.25) is 5.91 Å². The van der Waals surface area contributed by atoms with Gasteiger partial charge in [-0.3, -0.25) is 14.2 Å². The van der Waals surface area contributed by atoms with Gasteiger partial charge in [-0.05, 0) is 12.5 Å². The number of hydrogen-bond acceptors (Lipinski definition) is 6. The normalized spacial score (nSPS) is 11.5. The van der Waals surface area contributed by atoms with Crippen molar-refractivity contribution >= 4 is 16.8 Å². The molecule has 0 radical (unpaired) electrons. The summed E-state index contributed by atoms with van der Waals surface area (Å²) in [5.74, 6) is 0.526. The van der Waals surface area contributed by atoms with E-state index in [2.05, 4.69) is 15.0 Å². The Labute approximate surface area is 164 Å². The smallest absolute Gasteiger partial charge is 0.411 e. The summed E-state index contributed by atoms with van der Waals surface area (Å²) in [4.78, 5) is 28.6. The lowest BCUT2D eigenvalue weighted by Gasteiger charge is -2.11. The third-order valence-corrected chi connectivity index (χ3v) is 3.97. The number of alkyl halides is 3. The van der Waals surface area contributed by atoms with Crippen LogP contribution in [0.4, 0.5) is 13.2 Å². The number of benzene rings is 1. The predicted octanol–water partition coefficient (Wildman–Crippen LogP) is 1.89. The summed E-state index contributed by atoms with van der Waals surface area (Å²) in [6, 6.07) is 3.15. The Morgan fingerprint density at radius 1 is 1.21 bits per heavy atom. The van der Waals surface area contributed by atoms with Crippen LogP contribution in [0.2, 0.25) is 0 Å². The highest BCUT2D eigenvalue weighted by Gasteiger charge is 2.27. The first-order chi connectivity index (χ1) is 13.7. The molecule has 2 rings (SSSR count). The number of fused-ring (bicyclic) bond motifs is 1. The second-order valence-corrected chi connectivity index (χ2v) is 6.09. The predicted molar refractivity (Wildman–Crippen MR) is 98.2 cm³/mol. The number of nitrogens with one attached hydrogen (secondary N) is 1. The monoisotopic (exact) mass is 417 g/mol. The molecule has 160 valence electrons. The van der Waals surface area contributed by atoms with Gasteiger partial charge in [0, 0.05) is 25.6 Å². The maximum atomic E-state index is 12.6. The lowest BCUT2D eigenvalue weighted by atomic mass is 10.2. The van der Waals surface area contributed by atoms with E-state index in [1.54, 1.807) is 12.1 Å². The summed E-state index contributed by atoms with van der Waals surface area (Å²) in [5, 5.41) is 2.82. The Morgan fingerprint density at radius 3 is 2.55 bits per heavy atom. The van der Waals surface area contributed by atoms with Gasteiger partial charge in [0.05, 0.1) is 38.1 Å². The van der Waals surface area contributed by atoms with E-state index in [0.29, 0.717) is 28.8 Å². The highest BCUT2D eigenvalue weighted by atomic mass is 19.4. The van der Waals surface area contributed by atoms with Crippen LogP contribution in [0.25, 0.3) is 10.9 Å². The van der Waals surface area contributed by atoms with E-state index in [9.17, 15) is 22.8 Å². The molecule has 0 saturated heterocycles. The molecule has 0 unspecified atom stereocenters. The van der Waals surface area contributed by atoms with Gasteiger partial charge in [-0.2, -0.15) is 13.2 Å². The average Bonchev–Trinajstić information content (AvgIpc) is 2.67.